The molecule has 0 aliphatic carbocycles. The van der Waals surface area contributed by atoms with Crippen LogP contribution < -0.4 is 0 Å². The zero-order valence-electron chi connectivity index (χ0n) is 10.6. The highest BCUT2D eigenvalue weighted by atomic mass is 79.9. The molecule has 2 atom stereocenters. The van der Waals surface area contributed by atoms with Gasteiger partial charge in [0.1, 0.15) is 11.3 Å². The summed E-state index contributed by atoms with van der Waals surface area (Å²) in [4.78, 5) is 9.03. The Bertz CT molecular complexity index is 601. The Balaban J connectivity index is 2.00. The van der Waals surface area contributed by atoms with Gasteiger partial charge in [-0.2, -0.15) is 0 Å². The molecule has 0 spiro atoms. The lowest BCUT2D eigenvalue weighted by Crippen LogP contribution is -2.19. The summed E-state index contributed by atoms with van der Waals surface area (Å²) in [5.41, 5.74) is 1.79. The number of alkyl halides is 1. The van der Waals surface area contributed by atoms with E-state index in [4.69, 9.17) is 16.3 Å². The van der Waals surface area contributed by atoms with Crippen LogP contribution in [-0.4, -0.2) is 27.2 Å². The zero-order valence-corrected chi connectivity index (χ0v) is 13.0. The molecule has 0 amide bonds. The first kappa shape index (κ1) is 13.3. The van der Waals surface area contributed by atoms with Gasteiger partial charge >= 0.3 is 0 Å². The summed E-state index contributed by atoms with van der Waals surface area (Å²) in [6.07, 6.45) is 3.17. The Morgan fingerprint density at radius 3 is 3.11 bits per heavy atom. The summed E-state index contributed by atoms with van der Waals surface area (Å²) in [6.45, 7) is 3.84. The van der Waals surface area contributed by atoms with Crippen LogP contribution in [0.2, 0.25) is 0 Å². The van der Waals surface area contributed by atoms with E-state index in [1.54, 1.807) is 6.20 Å². The number of aromatic nitrogens is 3. The van der Waals surface area contributed by atoms with Crippen LogP contribution in [0.25, 0.3) is 11.2 Å². The Morgan fingerprint density at radius 1 is 1.58 bits per heavy atom. The maximum Gasteiger partial charge on any atom is 0.160 e. The Kier molecular flexibility index (Phi) is 3.78. The summed E-state index contributed by atoms with van der Waals surface area (Å²) < 4.78 is 8.69. The van der Waals surface area contributed by atoms with Crippen molar-refractivity contribution in [1.82, 2.24) is 14.5 Å². The van der Waals surface area contributed by atoms with Gasteiger partial charge < -0.3 is 9.30 Å². The molecule has 1 aliphatic heterocycles. The summed E-state index contributed by atoms with van der Waals surface area (Å²) in [7, 11) is 0. The summed E-state index contributed by atoms with van der Waals surface area (Å²) >= 11 is 9.43. The van der Waals surface area contributed by atoms with E-state index in [2.05, 4.69) is 37.4 Å². The standard InChI is InChI=1S/C13H15BrClN3O/c1-8-9(2-3-19-8)7-18-12(5-15)17-11-4-10(14)6-16-13(11)18/h4,6,8-9H,2-3,5,7H2,1H3. The van der Waals surface area contributed by atoms with Crippen LogP contribution in [0.5, 0.6) is 0 Å². The smallest absolute Gasteiger partial charge is 0.160 e. The highest BCUT2D eigenvalue weighted by Crippen LogP contribution is 2.26. The molecule has 2 aromatic heterocycles. The monoisotopic (exact) mass is 343 g/mol. The molecule has 2 unspecified atom stereocenters. The lowest BCUT2D eigenvalue weighted by Gasteiger charge is -2.16. The van der Waals surface area contributed by atoms with E-state index in [-0.39, 0.29) is 6.10 Å². The van der Waals surface area contributed by atoms with E-state index in [1.807, 2.05) is 6.07 Å². The molecule has 102 valence electrons. The predicted octanol–water partition coefficient (Wildman–Crippen LogP) is 3.36. The third-order valence-electron chi connectivity index (χ3n) is 3.70. The van der Waals surface area contributed by atoms with E-state index in [9.17, 15) is 0 Å². The van der Waals surface area contributed by atoms with Gasteiger partial charge in [0.2, 0.25) is 0 Å². The minimum Gasteiger partial charge on any atom is -0.378 e. The molecule has 1 saturated heterocycles. The fourth-order valence-corrected chi connectivity index (χ4v) is 3.10. The second kappa shape index (κ2) is 5.38. The molecule has 3 rings (SSSR count). The largest absolute Gasteiger partial charge is 0.378 e. The van der Waals surface area contributed by atoms with Gasteiger partial charge in [-0.25, -0.2) is 9.97 Å². The Labute approximate surface area is 125 Å². The third kappa shape index (κ3) is 2.51. The Hall–Kier alpha value is -0.650. The molecule has 1 fully saturated rings. The van der Waals surface area contributed by atoms with E-state index < -0.39 is 0 Å². The molecular weight excluding hydrogens is 330 g/mol. The molecule has 19 heavy (non-hydrogen) atoms. The lowest BCUT2D eigenvalue weighted by atomic mass is 10.0. The summed E-state index contributed by atoms with van der Waals surface area (Å²) in [5.74, 6) is 1.78. The second-order valence-electron chi connectivity index (χ2n) is 4.89. The minimum absolute atomic E-state index is 0.288. The van der Waals surface area contributed by atoms with Crippen molar-refractivity contribution >= 4 is 38.7 Å². The SMILES string of the molecule is CC1OCCC1Cn1c(CCl)nc2cc(Br)cnc21. The van der Waals surface area contributed by atoms with Crippen molar-refractivity contribution in [2.45, 2.75) is 31.9 Å². The molecule has 0 N–H and O–H groups in total. The highest BCUT2D eigenvalue weighted by Gasteiger charge is 2.26. The van der Waals surface area contributed by atoms with Crippen molar-refractivity contribution in [3.8, 4) is 0 Å². The summed E-state index contributed by atoms with van der Waals surface area (Å²) in [5, 5.41) is 0. The van der Waals surface area contributed by atoms with Gasteiger partial charge in [0.25, 0.3) is 0 Å². The van der Waals surface area contributed by atoms with E-state index in [0.29, 0.717) is 11.8 Å². The molecule has 0 aromatic carbocycles. The quantitative estimate of drug-likeness (QED) is 0.802. The molecule has 0 radical (unpaired) electrons. The number of hydrogen-bond donors (Lipinski definition) is 0. The fraction of sp³-hybridized carbons (Fsp3) is 0.538. The number of nitrogens with zero attached hydrogens (tertiary/aromatic N) is 3. The average molecular weight is 345 g/mol. The van der Waals surface area contributed by atoms with Crippen LogP contribution in [0.4, 0.5) is 0 Å². The second-order valence-corrected chi connectivity index (χ2v) is 6.08. The van der Waals surface area contributed by atoms with Crippen LogP contribution in [0.15, 0.2) is 16.7 Å². The van der Waals surface area contributed by atoms with Crippen molar-refractivity contribution in [3.63, 3.8) is 0 Å². The molecular formula is C13H15BrClN3O. The van der Waals surface area contributed by atoms with Crippen LogP contribution in [0.1, 0.15) is 19.2 Å². The minimum atomic E-state index is 0.288. The molecule has 0 bridgehead atoms. The molecule has 2 aromatic rings. The van der Waals surface area contributed by atoms with Crippen molar-refractivity contribution in [3.05, 3.63) is 22.6 Å². The average Bonchev–Trinajstić information content (AvgIpc) is 2.94. The van der Waals surface area contributed by atoms with Crippen LogP contribution >= 0.6 is 27.5 Å². The topological polar surface area (TPSA) is 39.9 Å². The van der Waals surface area contributed by atoms with Crippen LogP contribution in [-0.2, 0) is 17.2 Å². The van der Waals surface area contributed by atoms with Crippen LogP contribution in [0.3, 0.4) is 0 Å². The van der Waals surface area contributed by atoms with E-state index in [0.717, 1.165) is 41.0 Å². The van der Waals surface area contributed by atoms with Gasteiger partial charge in [0.05, 0.1) is 12.0 Å². The first-order valence-corrected chi connectivity index (χ1v) is 7.70. The van der Waals surface area contributed by atoms with E-state index in [1.165, 1.54) is 0 Å². The third-order valence-corrected chi connectivity index (χ3v) is 4.37. The van der Waals surface area contributed by atoms with Gasteiger partial charge in [-0.15, -0.1) is 11.6 Å². The maximum absolute atomic E-state index is 6.01. The molecule has 4 nitrogen and oxygen atoms in total. The van der Waals surface area contributed by atoms with Gasteiger partial charge in [-0.05, 0) is 35.3 Å². The Morgan fingerprint density at radius 2 is 2.42 bits per heavy atom. The number of hydrogen-bond acceptors (Lipinski definition) is 3. The number of imidazole rings is 1. The first-order chi connectivity index (χ1) is 9.19. The van der Waals surface area contributed by atoms with Crippen LogP contribution in [0, 0.1) is 5.92 Å². The highest BCUT2D eigenvalue weighted by molar-refractivity contribution is 9.10. The van der Waals surface area contributed by atoms with Crippen molar-refractivity contribution in [2.75, 3.05) is 6.61 Å². The summed E-state index contributed by atoms with van der Waals surface area (Å²) in [6, 6.07) is 1.98. The maximum atomic E-state index is 6.01. The van der Waals surface area contributed by atoms with Crippen molar-refractivity contribution in [2.24, 2.45) is 5.92 Å². The molecule has 3 heterocycles. The molecule has 6 heteroatoms. The number of pyridine rings is 1. The number of ether oxygens (including phenoxy) is 1. The van der Waals surface area contributed by atoms with Gasteiger partial charge in [-0.3, -0.25) is 0 Å². The van der Waals surface area contributed by atoms with Crippen molar-refractivity contribution in [1.29, 1.82) is 0 Å². The number of rotatable bonds is 3. The molecule has 1 aliphatic rings. The normalized spacial score (nSPS) is 23.3. The zero-order chi connectivity index (χ0) is 13.4. The van der Waals surface area contributed by atoms with Gasteiger partial charge in [0.15, 0.2) is 5.65 Å². The first-order valence-electron chi connectivity index (χ1n) is 6.37. The number of halogens is 2. The molecule has 0 saturated carbocycles. The fourth-order valence-electron chi connectivity index (χ4n) is 2.58. The number of fused-ring (bicyclic) bond motifs is 1. The predicted molar refractivity (Wildman–Crippen MR) is 78.3 cm³/mol. The van der Waals surface area contributed by atoms with Gasteiger partial charge in [-0.1, -0.05) is 0 Å². The lowest BCUT2D eigenvalue weighted by molar-refractivity contribution is 0.102. The van der Waals surface area contributed by atoms with Crippen molar-refractivity contribution < 1.29 is 4.74 Å². The van der Waals surface area contributed by atoms with E-state index >= 15 is 0 Å². The van der Waals surface area contributed by atoms with Gasteiger partial charge in [0, 0.05) is 29.7 Å².